The van der Waals surface area contributed by atoms with Crippen LogP contribution in [0.4, 0.5) is 14.5 Å². The molecule has 1 atom stereocenters. The summed E-state index contributed by atoms with van der Waals surface area (Å²) in [6.07, 6.45) is -3.65. The summed E-state index contributed by atoms with van der Waals surface area (Å²) >= 11 is 0. The van der Waals surface area contributed by atoms with Gasteiger partial charge in [0.05, 0.1) is 0 Å². The van der Waals surface area contributed by atoms with Gasteiger partial charge in [-0.3, -0.25) is 4.79 Å². The van der Waals surface area contributed by atoms with Gasteiger partial charge in [-0.2, -0.15) is 0 Å². The summed E-state index contributed by atoms with van der Waals surface area (Å²) in [6, 6.07) is 4.14. The molecule has 0 bridgehead atoms. The van der Waals surface area contributed by atoms with Crippen LogP contribution in [0.5, 0.6) is 11.5 Å². The normalized spacial score (nSPS) is 16.8. The summed E-state index contributed by atoms with van der Waals surface area (Å²) in [7, 11) is 0. The largest absolute Gasteiger partial charge is 0.586 e. The first-order chi connectivity index (χ1) is 9.41. The number of carbonyl (C=O) groups is 1. The molecule has 1 aliphatic rings. The first-order valence-corrected chi connectivity index (χ1v) is 6.33. The molecule has 1 heterocycles. The number of hydrogen-bond donors (Lipinski definition) is 2. The third kappa shape index (κ3) is 3.36. The predicted molar refractivity (Wildman–Crippen MR) is 69.0 cm³/mol. The fraction of sp³-hybridized carbons (Fsp3) is 0.462. The third-order valence-corrected chi connectivity index (χ3v) is 2.82. The van der Waals surface area contributed by atoms with E-state index < -0.39 is 6.29 Å². The highest BCUT2D eigenvalue weighted by molar-refractivity contribution is 5.92. The molecule has 0 aliphatic carbocycles. The summed E-state index contributed by atoms with van der Waals surface area (Å²) in [5.74, 6) is -0.570. The molecule has 0 radical (unpaired) electrons. The van der Waals surface area contributed by atoms with E-state index in [9.17, 15) is 13.6 Å². The summed E-state index contributed by atoms with van der Waals surface area (Å²) < 4.78 is 34.3. The quantitative estimate of drug-likeness (QED) is 0.871. The van der Waals surface area contributed by atoms with Gasteiger partial charge in [-0.15, -0.1) is 8.78 Å². The molecule has 0 spiro atoms. The van der Waals surface area contributed by atoms with Gasteiger partial charge in [0.15, 0.2) is 11.5 Å². The van der Waals surface area contributed by atoms with Gasteiger partial charge in [0.25, 0.3) is 0 Å². The van der Waals surface area contributed by atoms with E-state index in [1.807, 2.05) is 6.92 Å². The summed E-state index contributed by atoms with van der Waals surface area (Å²) in [6.45, 7) is 5.05. The van der Waals surface area contributed by atoms with Gasteiger partial charge in [-0.25, -0.2) is 0 Å². The van der Waals surface area contributed by atoms with Crippen LogP contribution in [0.15, 0.2) is 18.2 Å². The zero-order valence-corrected chi connectivity index (χ0v) is 11.2. The molecule has 2 rings (SSSR count). The van der Waals surface area contributed by atoms with Gasteiger partial charge in [0, 0.05) is 24.2 Å². The van der Waals surface area contributed by atoms with Crippen molar-refractivity contribution in [3.63, 3.8) is 0 Å². The Balaban J connectivity index is 2.00. The second kappa shape index (κ2) is 5.62. The van der Waals surface area contributed by atoms with Crippen molar-refractivity contribution in [2.75, 3.05) is 18.4 Å². The lowest BCUT2D eigenvalue weighted by Gasteiger charge is -2.12. The van der Waals surface area contributed by atoms with Crippen molar-refractivity contribution in [2.45, 2.75) is 20.1 Å². The predicted octanol–water partition coefficient (Wildman–Crippen LogP) is 2.19. The molecule has 1 aliphatic heterocycles. The van der Waals surface area contributed by atoms with Crippen molar-refractivity contribution >= 4 is 11.6 Å². The molecule has 1 aromatic rings. The van der Waals surface area contributed by atoms with Crippen molar-refractivity contribution in [2.24, 2.45) is 5.92 Å². The topological polar surface area (TPSA) is 59.6 Å². The summed E-state index contributed by atoms with van der Waals surface area (Å²) in [5.41, 5.74) is 0.387. The second-order valence-corrected chi connectivity index (χ2v) is 4.53. The highest BCUT2D eigenvalue weighted by atomic mass is 19.3. The van der Waals surface area contributed by atoms with Crippen molar-refractivity contribution in [1.82, 2.24) is 5.32 Å². The average molecular weight is 286 g/mol. The van der Waals surface area contributed by atoms with Gasteiger partial charge in [0.1, 0.15) is 0 Å². The number of amides is 1. The average Bonchev–Trinajstić information content (AvgIpc) is 2.68. The fourth-order valence-electron chi connectivity index (χ4n) is 1.75. The van der Waals surface area contributed by atoms with E-state index in [-0.39, 0.29) is 23.3 Å². The van der Waals surface area contributed by atoms with E-state index in [4.69, 9.17) is 0 Å². The fourth-order valence-corrected chi connectivity index (χ4v) is 1.75. The zero-order valence-electron chi connectivity index (χ0n) is 11.2. The molecule has 5 nitrogen and oxygen atoms in total. The maximum absolute atomic E-state index is 12.9. The van der Waals surface area contributed by atoms with Crippen LogP contribution in [0.3, 0.4) is 0 Å². The molecule has 0 aromatic heterocycles. The molecule has 0 saturated heterocycles. The lowest BCUT2D eigenvalue weighted by Crippen LogP contribution is -2.30. The van der Waals surface area contributed by atoms with E-state index in [2.05, 4.69) is 20.1 Å². The number of benzene rings is 1. The molecule has 20 heavy (non-hydrogen) atoms. The molecule has 7 heteroatoms. The number of halogens is 2. The van der Waals surface area contributed by atoms with Crippen molar-refractivity contribution in [3.8, 4) is 11.5 Å². The number of ether oxygens (including phenoxy) is 2. The third-order valence-electron chi connectivity index (χ3n) is 2.82. The van der Waals surface area contributed by atoms with Gasteiger partial charge < -0.3 is 20.1 Å². The molecular weight excluding hydrogens is 270 g/mol. The number of nitrogens with one attached hydrogen (secondary N) is 2. The number of alkyl halides is 2. The van der Waals surface area contributed by atoms with Crippen LogP contribution in [-0.2, 0) is 4.79 Å². The maximum atomic E-state index is 12.9. The highest BCUT2D eigenvalue weighted by Crippen LogP contribution is 2.42. The second-order valence-electron chi connectivity index (χ2n) is 4.53. The Hall–Kier alpha value is -1.89. The molecule has 0 fully saturated rings. The van der Waals surface area contributed by atoms with Crippen LogP contribution < -0.4 is 20.1 Å². The summed E-state index contributed by atoms with van der Waals surface area (Å²) in [5, 5.41) is 5.71. The first kappa shape index (κ1) is 14.5. The van der Waals surface area contributed by atoms with Gasteiger partial charge in [0.2, 0.25) is 5.91 Å². The Morgan fingerprint density at radius 3 is 2.75 bits per heavy atom. The standard InChI is InChI=1S/C13H16F2N2O3/c1-3-16-7-8(2)12(18)17-9-4-5-10-11(6-9)20-13(14,15)19-10/h4-6,8,16H,3,7H2,1-2H3,(H,17,18). The van der Waals surface area contributed by atoms with Crippen molar-refractivity contribution < 1.29 is 23.0 Å². The number of hydrogen-bond acceptors (Lipinski definition) is 4. The van der Waals surface area contributed by atoms with Crippen LogP contribution in [0.25, 0.3) is 0 Å². The first-order valence-electron chi connectivity index (χ1n) is 6.33. The van der Waals surface area contributed by atoms with E-state index in [0.717, 1.165) is 6.54 Å². The number of fused-ring (bicyclic) bond motifs is 1. The molecule has 1 aromatic carbocycles. The Morgan fingerprint density at radius 2 is 2.05 bits per heavy atom. The van der Waals surface area contributed by atoms with E-state index in [1.54, 1.807) is 6.92 Å². The van der Waals surface area contributed by atoms with Crippen molar-refractivity contribution in [1.29, 1.82) is 0 Å². The minimum Gasteiger partial charge on any atom is -0.395 e. The molecule has 110 valence electrons. The SMILES string of the molecule is CCNCC(C)C(=O)Nc1ccc2c(c1)OC(F)(F)O2. The van der Waals surface area contributed by atoms with Crippen LogP contribution in [0.1, 0.15) is 13.8 Å². The smallest absolute Gasteiger partial charge is 0.395 e. The lowest BCUT2D eigenvalue weighted by atomic mass is 10.1. The Kier molecular flexibility index (Phi) is 4.08. The minimum atomic E-state index is -3.65. The molecule has 2 N–H and O–H groups in total. The molecular formula is C13H16F2N2O3. The maximum Gasteiger partial charge on any atom is 0.586 e. The highest BCUT2D eigenvalue weighted by Gasteiger charge is 2.43. The van der Waals surface area contributed by atoms with E-state index in [1.165, 1.54) is 18.2 Å². The molecule has 0 saturated carbocycles. The Morgan fingerprint density at radius 1 is 1.35 bits per heavy atom. The Bertz CT molecular complexity index is 508. The van der Waals surface area contributed by atoms with E-state index in [0.29, 0.717) is 12.2 Å². The summed E-state index contributed by atoms with van der Waals surface area (Å²) in [4.78, 5) is 11.9. The van der Waals surface area contributed by atoms with Crippen LogP contribution >= 0.6 is 0 Å². The van der Waals surface area contributed by atoms with Crippen LogP contribution in [0.2, 0.25) is 0 Å². The Labute approximate surface area is 115 Å². The van der Waals surface area contributed by atoms with Gasteiger partial charge >= 0.3 is 6.29 Å². The minimum absolute atomic E-state index is 0.0475. The van der Waals surface area contributed by atoms with Gasteiger partial charge in [-0.05, 0) is 18.7 Å². The van der Waals surface area contributed by atoms with E-state index >= 15 is 0 Å². The number of carbonyl (C=O) groups excluding carboxylic acids is 1. The molecule has 1 amide bonds. The van der Waals surface area contributed by atoms with Crippen LogP contribution in [-0.4, -0.2) is 25.3 Å². The molecule has 1 unspecified atom stereocenters. The number of anilines is 1. The zero-order chi connectivity index (χ0) is 14.8. The number of rotatable bonds is 5. The van der Waals surface area contributed by atoms with Gasteiger partial charge in [-0.1, -0.05) is 13.8 Å². The van der Waals surface area contributed by atoms with Crippen LogP contribution in [0, 0.1) is 5.92 Å². The monoisotopic (exact) mass is 286 g/mol. The lowest BCUT2D eigenvalue weighted by molar-refractivity contribution is -0.286. The van der Waals surface area contributed by atoms with Crippen molar-refractivity contribution in [3.05, 3.63) is 18.2 Å².